The van der Waals surface area contributed by atoms with Gasteiger partial charge < -0.3 is 20.1 Å². The predicted octanol–water partition coefficient (Wildman–Crippen LogP) is 3.60. The molecule has 0 saturated heterocycles. The van der Waals surface area contributed by atoms with Crippen molar-refractivity contribution in [1.82, 2.24) is 0 Å². The number of carbonyl (C=O) groups excluding carboxylic acids is 3. The maximum Gasteiger partial charge on any atom is 0.306 e. The fourth-order valence-corrected chi connectivity index (χ4v) is 2.59. The van der Waals surface area contributed by atoms with Gasteiger partial charge in [0.15, 0.2) is 6.61 Å². The van der Waals surface area contributed by atoms with Crippen LogP contribution in [0, 0.1) is 13.8 Å². The number of rotatable bonds is 9. The van der Waals surface area contributed by atoms with Gasteiger partial charge >= 0.3 is 5.97 Å². The Kier molecular flexibility index (Phi) is 8.21. The van der Waals surface area contributed by atoms with E-state index >= 15 is 0 Å². The third-order valence-electron chi connectivity index (χ3n) is 4.32. The highest BCUT2D eigenvalue weighted by Gasteiger charge is 2.11. The largest absolute Gasteiger partial charge is 0.495 e. The van der Waals surface area contributed by atoms with E-state index in [2.05, 4.69) is 10.6 Å². The highest BCUT2D eigenvalue weighted by Crippen LogP contribution is 2.23. The minimum Gasteiger partial charge on any atom is -0.495 e. The third-order valence-corrected chi connectivity index (χ3v) is 4.32. The number of ether oxygens (including phenoxy) is 2. The molecule has 2 rings (SSSR count). The summed E-state index contributed by atoms with van der Waals surface area (Å²) < 4.78 is 10.1. The SMILES string of the molecule is COc1ccccc1NC(=O)CCCC(=O)OCC(=O)Nc1ccc(C)c(C)c1. The van der Waals surface area contributed by atoms with Crippen molar-refractivity contribution in [2.45, 2.75) is 33.1 Å². The average molecular weight is 398 g/mol. The maximum atomic E-state index is 12.0. The third kappa shape index (κ3) is 7.29. The van der Waals surface area contributed by atoms with Crippen LogP contribution in [0.4, 0.5) is 11.4 Å². The van der Waals surface area contributed by atoms with Gasteiger partial charge in [0.05, 0.1) is 12.8 Å². The van der Waals surface area contributed by atoms with Gasteiger partial charge in [-0.25, -0.2) is 0 Å². The van der Waals surface area contributed by atoms with Gasteiger partial charge in [-0.05, 0) is 55.7 Å². The van der Waals surface area contributed by atoms with E-state index in [-0.39, 0.29) is 25.4 Å². The number of aryl methyl sites for hydroxylation is 2. The van der Waals surface area contributed by atoms with Gasteiger partial charge in [-0.3, -0.25) is 14.4 Å². The summed E-state index contributed by atoms with van der Waals surface area (Å²) in [5, 5.41) is 5.43. The highest BCUT2D eigenvalue weighted by atomic mass is 16.5. The Balaban J connectivity index is 1.66. The number of nitrogens with one attached hydrogen (secondary N) is 2. The highest BCUT2D eigenvalue weighted by molar-refractivity contribution is 5.93. The molecule has 0 unspecified atom stereocenters. The second-order valence-corrected chi connectivity index (χ2v) is 6.61. The lowest BCUT2D eigenvalue weighted by atomic mass is 10.1. The van der Waals surface area contributed by atoms with Crippen LogP contribution in [-0.4, -0.2) is 31.5 Å². The summed E-state index contributed by atoms with van der Waals surface area (Å²) in [4.78, 5) is 35.7. The van der Waals surface area contributed by atoms with Gasteiger partial charge in [0.25, 0.3) is 5.91 Å². The number of anilines is 2. The molecule has 2 amide bonds. The lowest BCUT2D eigenvalue weighted by Crippen LogP contribution is -2.21. The first-order chi connectivity index (χ1) is 13.9. The van der Waals surface area contributed by atoms with Crippen LogP contribution >= 0.6 is 0 Å². The van der Waals surface area contributed by atoms with E-state index in [9.17, 15) is 14.4 Å². The van der Waals surface area contributed by atoms with E-state index < -0.39 is 11.9 Å². The van der Waals surface area contributed by atoms with Crippen LogP contribution in [0.15, 0.2) is 42.5 Å². The quantitative estimate of drug-likeness (QED) is 0.630. The first kappa shape index (κ1) is 21.9. The van der Waals surface area contributed by atoms with Crippen molar-refractivity contribution < 1.29 is 23.9 Å². The molecule has 2 aromatic carbocycles. The number of para-hydroxylation sites is 2. The molecular formula is C22H26N2O5. The zero-order valence-electron chi connectivity index (χ0n) is 16.9. The van der Waals surface area contributed by atoms with Crippen molar-refractivity contribution in [1.29, 1.82) is 0 Å². The van der Waals surface area contributed by atoms with E-state index in [4.69, 9.17) is 9.47 Å². The van der Waals surface area contributed by atoms with Gasteiger partial charge in [0.1, 0.15) is 5.75 Å². The molecule has 29 heavy (non-hydrogen) atoms. The van der Waals surface area contributed by atoms with Crippen LogP contribution in [-0.2, 0) is 19.1 Å². The van der Waals surface area contributed by atoms with Crippen LogP contribution < -0.4 is 15.4 Å². The van der Waals surface area contributed by atoms with E-state index in [1.54, 1.807) is 30.3 Å². The number of amides is 2. The summed E-state index contributed by atoms with van der Waals surface area (Å²) in [5.74, 6) is -0.592. The monoisotopic (exact) mass is 398 g/mol. The standard InChI is InChI=1S/C22H26N2O5/c1-15-11-12-17(13-16(15)2)23-21(26)14-29-22(27)10-6-9-20(25)24-18-7-4-5-8-19(18)28-3/h4-5,7-8,11-13H,6,9-10,14H2,1-3H3,(H,23,26)(H,24,25). The molecule has 0 saturated carbocycles. The first-order valence-corrected chi connectivity index (χ1v) is 9.34. The number of hydrogen-bond donors (Lipinski definition) is 2. The fraction of sp³-hybridized carbons (Fsp3) is 0.318. The second-order valence-electron chi connectivity index (χ2n) is 6.61. The van der Waals surface area contributed by atoms with Crippen LogP contribution in [0.5, 0.6) is 5.75 Å². The van der Waals surface area contributed by atoms with Crippen LogP contribution in [0.1, 0.15) is 30.4 Å². The zero-order valence-corrected chi connectivity index (χ0v) is 16.9. The molecule has 0 aliphatic carbocycles. The van der Waals surface area contributed by atoms with Gasteiger partial charge in [-0.2, -0.15) is 0 Å². The molecule has 0 atom stereocenters. The number of esters is 1. The molecule has 2 aromatic rings. The van der Waals surface area contributed by atoms with Crippen LogP contribution in [0.3, 0.4) is 0 Å². The number of hydrogen-bond acceptors (Lipinski definition) is 5. The van der Waals surface area contributed by atoms with Gasteiger partial charge in [-0.1, -0.05) is 18.2 Å². The lowest BCUT2D eigenvalue weighted by Gasteiger charge is -2.10. The Labute approximate surface area is 170 Å². The van der Waals surface area contributed by atoms with Crippen molar-refractivity contribution in [3.63, 3.8) is 0 Å². The Bertz CT molecular complexity index is 879. The molecule has 2 N–H and O–H groups in total. The number of benzene rings is 2. The van der Waals surface area contributed by atoms with E-state index in [0.717, 1.165) is 11.1 Å². The van der Waals surface area contributed by atoms with Crippen molar-refractivity contribution >= 4 is 29.2 Å². The van der Waals surface area contributed by atoms with Crippen molar-refractivity contribution in [3.8, 4) is 5.75 Å². The Morgan fingerprint density at radius 3 is 2.38 bits per heavy atom. The molecule has 0 aliphatic heterocycles. The molecule has 0 bridgehead atoms. The van der Waals surface area contributed by atoms with E-state index in [0.29, 0.717) is 23.5 Å². The summed E-state index contributed by atoms with van der Waals surface area (Å²) >= 11 is 0. The molecule has 0 radical (unpaired) electrons. The predicted molar refractivity (Wildman–Crippen MR) is 111 cm³/mol. The summed E-state index contributed by atoms with van der Waals surface area (Å²) in [7, 11) is 1.52. The van der Waals surface area contributed by atoms with Crippen molar-refractivity contribution in [3.05, 3.63) is 53.6 Å². The zero-order chi connectivity index (χ0) is 21.2. The summed E-state index contributed by atoms with van der Waals surface area (Å²) in [6, 6.07) is 12.6. The molecule has 0 spiro atoms. The normalized spacial score (nSPS) is 10.2. The smallest absolute Gasteiger partial charge is 0.306 e. The maximum absolute atomic E-state index is 12.0. The average Bonchev–Trinajstić information content (AvgIpc) is 2.69. The Hall–Kier alpha value is -3.35. The Morgan fingerprint density at radius 2 is 1.66 bits per heavy atom. The molecule has 0 heterocycles. The first-order valence-electron chi connectivity index (χ1n) is 9.34. The molecule has 0 fully saturated rings. The van der Waals surface area contributed by atoms with Crippen molar-refractivity contribution in [2.24, 2.45) is 0 Å². The topological polar surface area (TPSA) is 93.7 Å². The van der Waals surface area contributed by atoms with E-state index in [1.165, 1.54) is 7.11 Å². The van der Waals surface area contributed by atoms with E-state index in [1.807, 2.05) is 26.0 Å². The molecule has 0 aromatic heterocycles. The van der Waals surface area contributed by atoms with Crippen molar-refractivity contribution in [2.75, 3.05) is 24.4 Å². The second kappa shape index (κ2) is 10.8. The molecule has 7 heteroatoms. The number of carbonyl (C=O) groups is 3. The minimum absolute atomic E-state index is 0.0518. The van der Waals surface area contributed by atoms with Crippen LogP contribution in [0.2, 0.25) is 0 Å². The summed E-state index contributed by atoms with van der Waals surface area (Å²) in [6.45, 7) is 3.58. The summed E-state index contributed by atoms with van der Waals surface area (Å²) in [6.07, 6.45) is 0.525. The molecule has 0 aliphatic rings. The van der Waals surface area contributed by atoms with Crippen LogP contribution in [0.25, 0.3) is 0 Å². The molecule has 7 nitrogen and oxygen atoms in total. The van der Waals surface area contributed by atoms with Gasteiger partial charge in [0.2, 0.25) is 5.91 Å². The Morgan fingerprint density at radius 1 is 0.897 bits per heavy atom. The van der Waals surface area contributed by atoms with Gasteiger partial charge in [-0.15, -0.1) is 0 Å². The minimum atomic E-state index is -0.523. The number of methoxy groups -OCH3 is 1. The molecular weight excluding hydrogens is 372 g/mol. The fourth-order valence-electron chi connectivity index (χ4n) is 2.59. The summed E-state index contributed by atoms with van der Waals surface area (Å²) in [5.41, 5.74) is 3.42. The lowest BCUT2D eigenvalue weighted by molar-refractivity contribution is -0.147. The molecule has 154 valence electrons. The van der Waals surface area contributed by atoms with Gasteiger partial charge in [0, 0.05) is 18.5 Å².